The molecule has 0 radical (unpaired) electrons. The maximum Gasteiger partial charge on any atom is 0.416 e. The first kappa shape index (κ1) is 25.7. The number of hydrogen-bond donors (Lipinski definition) is 0. The molecule has 1 aliphatic heterocycles. The first-order valence-corrected chi connectivity index (χ1v) is 12.3. The van der Waals surface area contributed by atoms with Crippen molar-refractivity contribution in [2.75, 3.05) is 24.6 Å². The Morgan fingerprint density at radius 2 is 1.88 bits per heavy atom. The van der Waals surface area contributed by atoms with Crippen molar-refractivity contribution >= 4 is 29.9 Å². The fraction of sp³-hybridized carbons (Fsp3) is 0.615. The van der Waals surface area contributed by atoms with Gasteiger partial charge in [0.2, 0.25) is 5.91 Å². The number of ether oxygens (including phenoxy) is 2. The van der Waals surface area contributed by atoms with Crippen molar-refractivity contribution in [2.45, 2.75) is 77.9 Å². The molecule has 0 bridgehead atoms. The summed E-state index contributed by atoms with van der Waals surface area (Å²) in [6, 6.07) is 3.31. The van der Waals surface area contributed by atoms with Gasteiger partial charge in [0, 0.05) is 31.3 Å². The fourth-order valence-corrected chi connectivity index (χ4v) is 4.49. The van der Waals surface area contributed by atoms with E-state index in [0.29, 0.717) is 37.5 Å². The molecule has 3 rings (SSSR count). The van der Waals surface area contributed by atoms with Crippen LogP contribution in [0.15, 0.2) is 24.4 Å². The SMILES string of the molecule is CCOC(=O)/C=C/c1ccc(N(C(=O)OC(C)(C)C)[C@@H]2CCN(C(=O)C3CCCCC3)C2)nc1. The van der Waals surface area contributed by atoms with E-state index in [-0.39, 0.29) is 17.9 Å². The van der Waals surface area contributed by atoms with Crippen molar-refractivity contribution in [3.63, 3.8) is 0 Å². The highest BCUT2D eigenvalue weighted by Gasteiger charge is 2.38. The summed E-state index contributed by atoms with van der Waals surface area (Å²) in [6.07, 6.45) is 10.1. The second-order valence-electron chi connectivity index (χ2n) is 9.95. The average molecular weight is 472 g/mol. The molecule has 1 saturated carbocycles. The Kier molecular flexibility index (Phi) is 8.69. The van der Waals surface area contributed by atoms with Gasteiger partial charge >= 0.3 is 12.1 Å². The lowest BCUT2D eigenvalue weighted by molar-refractivity contribution is -0.137. The number of pyridine rings is 1. The van der Waals surface area contributed by atoms with Crippen LogP contribution in [0.2, 0.25) is 0 Å². The first-order valence-electron chi connectivity index (χ1n) is 12.3. The van der Waals surface area contributed by atoms with Gasteiger partial charge in [0.1, 0.15) is 11.4 Å². The quantitative estimate of drug-likeness (QED) is 0.446. The van der Waals surface area contributed by atoms with E-state index in [1.807, 2.05) is 25.7 Å². The van der Waals surface area contributed by atoms with Crippen LogP contribution in [0.4, 0.5) is 10.6 Å². The van der Waals surface area contributed by atoms with Gasteiger partial charge in [-0.05, 0) is 70.7 Å². The average Bonchev–Trinajstić information content (AvgIpc) is 3.27. The van der Waals surface area contributed by atoms with Gasteiger partial charge in [-0.2, -0.15) is 0 Å². The zero-order chi connectivity index (χ0) is 24.7. The molecule has 2 amide bonds. The molecule has 1 aromatic rings. The first-order chi connectivity index (χ1) is 16.2. The highest BCUT2D eigenvalue weighted by atomic mass is 16.6. The van der Waals surface area contributed by atoms with E-state index in [4.69, 9.17) is 9.47 Å². The van der Waals surface area contributed by atoms with Crippen LogP contribution in [0.5, 0.6) is 0 Å². The fourth-order valence-electron chi connectivity index (χ4n) is 4.49. The van der Waals surface area contributed by atoms with Gasteiger partial charge in [-0.3, -0.25) is 9.69 Å². The van der Waals surface area contributed by atoms with Crippen LogP contribution >= 0.6 is 0 Å². The molecule has 1 saturated heterocycles. The zero-order valence-corrected chi connectivity index (χ0v) is 20.8. The number of esters is 1. The number of carbonyl (C=O) groups is 3. The number of rotatable bonds is 6. The molecule has 0 spiro atoms. The lowest BCUT2D eigenvalue weighted by Gasteiger charge is -2.31. The number of hydrogen-bond acceptors (Lipinski definition) is 6. The van der Waals surface area contributed by atoms with Crippen LogP contribution in [0.3, 0.4) is 0 Å². The van der Waals surface area contributed by atoms with Crippen molar-refractivity contribution in [1.82, 2.24) is 9.88 Å². The standard InChI is InChI=1S/C26H37N3O5/c1-5-33-23(30)14-12-19-11-13-22(27-17-19)29(25(32)34-26(2,3)4)21-15-16-28(18-21)24(31)20-9-7-6-8-10-20/h11-14,17,20-21H,5-10,15-16,18H2,1-4H3/b14-12+/t21-/m1/s1. The number of anilines is 1. The summed E-state index contributed by atoms with van der Waals surface area (Å²) < 4.78 is 10.6. The molecule has 2 heterocycles. The lowest BCUT2D eigenvalue weighted by atomic mass is 9.88. The zero-order valence-electron chi connectivity index (χ0n) is 20.8. The third-order valence-electron chi connectivity index (χ3n) is 6.10. The van der Waals surface area contributed by atoms with Gasteiger partial charge in [-0.15, -0.1) is 0 Å². The van der Waals surface area contributed by atoms with Gasteiger partial charge < -0.3 is 14.4 Å². The Morgan fingerprint density at radius 1 is 1.15 bits per heavy atom. The molecule has 186 valence electrons. The summed E-state index contributed by atoms with van der Waals surface area (Å²) in [5, 5.41) is 0. The van der Waals surface area contributed by atoms with Gasteiger partial charge in [-0.25, -0.2) is 14.6 Å². The summed E-state index contributed by atoms with van der Waals surface area (Å²) >= 11 is 0. The summed E-state index contributed by atoms with van der Waals surface area (Å²) in [7, 11) is 0. The molecule has 1 aromatic heterocycles. The summed E-state index contributed by atoms with van der Waals surface area (Å²) in [5.41, 5.74) is 0.0508. The lowest BCUT2D eigenvalue weighted by Crippen LogP contribution is -2.46. The molecule has 34 heavy (non-hydrogen) atoms. The summed E-state index contributed by atoms with van der Waals surface area (Å²) in [5.74, 6) is 0.347. The molecule has 0 unspecified atom stereocenters. The maximum atomic E-state index is 13.2. The monoisotopic (exact) mass is 471 g/mol. The smallest absolute Gasteiger partial charge is 0.416 e. The minimum atomic E-state index is -0.659. The predicted octanol–water partition coefficient (Wildman–Crippen LogP) is 4.58. The van der Waals surface area contributed by atoms with Crippen molar-refractivity contribution in [3.05, 3.63) is 30.0 Å². The third-order valence-corrected chi connectivity index (χ3v) is 6.10. The topological polar surface area (TPSA) is 89.0 Å². The number of amides is 2. The van der Waals surface area contributed by atoms with E-state index >= 15 is 0 Å². The molecule has 0 N–H and O–H groups in total. The van der Waals surface area contributed by atoms with Crippen LogP contribution in [0.1, 0.15) is 71.8 Å². The number of likely N-dealkylation sites (tertiary alicyclic amines) is 1. The molecule has 2 fully saturated rings. The Balaban J connectivity index is 1.76. The third kappa shape index (κ3) is 7.05. The molecular formula is C26H37N3O5. The normalized spacial score (nSPS) is 19.3. The largest absolute Gasteiger partial charge is 0.463 e. The molecule has 1 atom stereocenters. The molecule has 2 aliphatic rings. The number of nitrogens with zero attached hydrogens (tertiary/aromatic N) is 3. The number of aromatic nitrogens is 1. The summed E-state index contributed by atoms with van der Waals surface area (Å²) in [6.45, 7) is 8.64. The van der Waals surface area contributed by atoms with E-state index in [2.05, 4.69) is 4.98 Å². The van der Waals surface area contributed by atoms with Crippen molar-refractivity contribution in [3.8, 4) is 0 Å². The highest BCUT2D eigenvalue weighted by Crippen LogP contribution is 2.29. The van der Waals surface area contributed by atoms with Gasteiger partial charge in [-0.1, -0.05) is 19.3 Å². The second kappa shape index (κ2) is 11.5. The van der Waals surface area contributed by atoms with Crippen molar-refractivity contribution in [2.24, 2.45) is 5.92 Å². The predicted molar refractivity (Wildman–Crippen MR) is 130 cm³/mol. The molecule has 0 aromatic carbocycles. The Labute approximate surface area is 202 Å². The second-order valence-corrected chi connectivity index (χ2v) is 9.95. The minimum Gasteiger partial charge on any atom is -0.463 e. The Bertz CT molecular complexity index is 885. The van der Waals surface area contributed by atoms with Crippen LogP contribution in [0.25, 0.3) is 6.08 Å². The van der Waals surface area contributed by atoms with E-state index in [9.17, 15) is 14.4 Å². The van der Waals surface area contributed by atoms with Gasteiger partial charge in [0.25, 0.3) is 0 Å². The molecule has 8 heteroatoms. The maximum absolute atomic E-state index is 13.2. The van der Waals surface area contributed by atoms with Crippen LogP contribution < -0.4 is 4.90 Å². The van der Waals surface area contributed by atoms with Crippen LogP contribution in [-0.2, 0) is 19.1 Å². The Morgan fingerprint density at radius 3 is 2.50 bits per heavy atom. The van der Waals surface area contributed by atoms with Crippen molar-refractivity contribution in [1.29, 1.82) is 0 Å². The van der Waals surface area contributed by atoms with Crippen molar-refractivity contribution < 1.29 is 23.9 Å². The Hall–Kier alpha value is -2.90. The van der Waals surface area contributed by atoms with E-state index in [0.717, 1.165) is 25.7 Å². The van der Waals surface area contributed by atoms with Gasteiger partial charge in [0.05, 0.1) is 12.6 Å². The van der Waals surface area contributed by atoms with E-state index < -0.39 is 17.7 Å². The highest BCUT2D eigenvalue weighted by molar-refractivity contribution is 5.89. The summed E-state index contributed by atoms with van der Waals surface area (Å²) in [4.78, 5) is 45.7. The van der Waals surface area contributed by atoms with E-state index in [1.54, 1.807) is 36.2 Å². The minimum absolute atomic E-state index is 0.103. The van der Waals surface area contributed by atoms with Crippen LogP contribution in [-0.4, -0.2) is 59.2 Å². The number of carbonyl (C=O) groups excluding carboxylic acids is 3. The molecular weight excluding hydrogens is 434 g/mol. The van der Waals surface area contributed by atoms with E-state index in [1.165, 1.54) is 12.5 Å². The molecule has 8 nitrogen and oxygen atoms in total. The van der Waals surface area contributed by atoms with Crippen LogP contribution in [0, 0.1) is 5.92 Å². The molecule has 1 aliphatic carbocycles. The van der Waals surface area contributed by atoms with Gasteiger partial charge in [0.15, 0.2) is 0 Å².